The maximum atomic E-state index is 5.56. The molecule has 3 rings (SSSR count). The second-order valence-electron chi connectivity index (χ2n) is 4.54. The SMILES string of the molecule is COc1ccc2c(c1CC1CCNC1)OCO2. The number of benzene rings is 1. The van der Waals surface area contributed by atoms with Crippen LogP contribution in [-0.2, 0) is 6.42 Å². The topological polar surface area (TPSA) is 39.7 Å². The Hall–Kier alpha value is -1.42. The number of methoxy groups -OCH3 is 1. The molecule has 1 aromatic rings. The molecule has 0 bridgehead atoms. The fourth-order valence-electron chi connectivity index (χ4n) is 2.57. The van der Waals surface area contributed by atoms with Gasteiger partial charge in [-0.2, -0.15) is 0 Å². The molecular weight excluding hydrogens is 218 g/mol. The zero-order valence-corrected chi connectivity index (χ0v) is 9.99. The molecule has 1 atom stereocenters. The predicted octanol–water partition coefficient (Wildman–Crippen LogP) is 1.58. The lowest BCUT2D eigenvalue weighted by Crippen LogP contribution is -2.11. The average Bonchev–Trinajstić information content (AvgIpc) is 2.99. The standard InChI is InChI=1S/C13H17NO3/c1-15-11-2-3-12-13(17-8-16-12)10(11)6-9-4-5-14-7-9/h2-3,9,14H,4-8H2,1H3. The first kappa shape index (κ1) is 10.7. The third-order valence-electron chi connectivity index (χ3n) is 3.47. The van der Waals surface area contributed by atoms with Crippen molar-refractivity contribution in [2.45, 2.75) is 12.8 Å². The number of rotatable bonds is 3. The highest BCUT2D eigenvalue weighted by Crippen LogP contribution is 2.42. The molecule has 1 N–H and O–H groups in total. The van der Waals surface area contributed by atoms with E-state index >= 15 is 0 Å². The Bertz CT molecular complexity index is 413. The van der Waals surface area contributed by atoms with Gasteiger partial charge in [-0.3, -0.25) is 0 Å². The number of nitrogens with one attached hydrogen (secondary N) is 1. The maximum absolute atomic E-state index is 5.56. The Kier molecular flexibility index (Phi) is 2.81. The summed E-state index contributed by atoms with van der Waals surface area (Å²) in [5, 5.41) is 3.38. The molecule has 1 fully saturated rings. The first-order valence-electron chi connectivity index (χ1n) is 6.04. The summed E-state index contributed by atoms with van der Waals surface area (Å²) in [5.41, 5.74) is 1.15. The Morgan fingerprint density at radius 3 is 3.12 bits per heavy atom. The molecule has 0 amide bonds. The fourth-order valence-corrected chi connectivity index (χ4v) is 2.57. The molecule has 0 radical (unpaired) electrons. The van der Waals surface area contributed by atoms with E-state index in [2.05, 4.69) is 5.32 Å². The molecule has 92 valence electrons. The third-order valence-corrected chi connectivity index (χ3v) is 3.47. The summed E-state index contributed by atoms with van der Waals surface area (Å²) in [6.07, 6.45) is 2.20. The minimum absolute atomic E-state index is 0.318. The van der Waals surface area contributed by atoms with Crippen LogP contribution in [0, 0.1) is 5.92 Å². The lowest BCUT2D eigenvalue weighted by Gasteiger charge is -2.14. The highest BCUT2D eigenvalue weighted by Gasteiger charge is 2.25. The molecule has 4 nitrogen and oxygen atoms in total. The van der Waals surface area contributed by atoms with Gasteiger partial charge in [0.2, 0.25) is 6.79 Å². The molecule has 0 aliphatic carbocycles. The lowest BCUT2D eigenvalue weighted by molar-refractivity contribution is 0.173. The van der Waals surface area contributed by atoms with Crippen LogP contribution >= 0.6 is 0 Å². The van der Waals surface area contributed by atoms with Gasteiger partial charge >= 0.3 is 0 Å². The Morgan fingerprint density at radius 1 is 1.41 bits per heavy atom. The minimum Gasteiger partial charge on any atom is -0.496 e. The molecule has 0 saturated carbocycles. The number of hydrogen-bond donors (Lipinski definition) is 1. The molecule has 2 heterocycles. The molecule has 1 aromatic carbocycles. The van der Waals surface area contributed by atoms with Crippen LogP contribution < -0.4 is 19.5 Å². The monoisotopic (exact) mass is 235 g/mol. The summed E-state index contributed by atoms with van der Waals surface area (Å²) in [6.45, 7) is 2.51. The van der Waals surface area contributed by atoms with Gasteiger partial charge in [0.15, 0.2) is 11.5 Å². The van der Waals surface area contributed by atoms with Crippen LogP contribution in [0.3, 0.4) is 0 Å². The van der Waals surface area contributed by atoms with E-state index in [1.54, 1.807) is 7.11 Å². The van der Waals surface area contributed by atoms with Crippen LogP contribution in [0.5, 0.6) is 17.2 Å². The van der Waals surface area contributed by atoms with Crippen LogP contribution in [0.15, 0.2) is 12.1 Å². The van der Waals surface area contributed by atoms with Gasteiger partial charge in [-0.25, -0.2) is 0 Å². The summed E-state index contributed by atoms with van der Waals surface area (Å²) in [4.78, 5) is 0. The van der Waals surface area contributed by atoms with Crippen LogP contribution in [0.1, 0.15) is 12.0 Å². The largest absolute Gasteiger partial charge is 0.496 e. The predicted molar refractivity (Wildman–Crippen MR) is 63.8 cm³/mol. The second-order valence-corrected chi connectivity index (χ2v) is 4.54. The van der Waals surface area contributed by atoms with Crippen LogP contribution in [0.4, 0.5) is 0 Å². The summed E-state index contributed by atoms with van der Waals surface area (Å²) in [5.74, 6) is 3.28. The van der Waals surface area contributed by atoms with Crippen molar-refractivity contribution in [1.29, 1.82) is 0 Å². The summed E-state index contributed by atoms with van der Waals surface area (Å²) in [7, 11) is 1.70. The average molecular weight is 235 g/mol. The lowest BCUT2D eigenvalue weighted by atomic mass is 9.97. The van der Waals surface area contributed by atoms with Gasteiger partial charge in [0.05, 0.1) is 7.11 Å². The van der Waals surface area contributed by atoms with Crippen molar-refractivity contribution >= 4 is 0 Å². The van der Waals surface area contributed by atoms with E-state index in [4.69, 9.17) is 14.2 Å². The highest BCUT2D eigenvalue weighted by molar-refractivity contribution is 5.55. The van der Waals surface area contributed by atoms with Crippen molar-refractivity contribution in [3.8, 4) is 17.2 Å². The van der Waals surface area contributed by atoms with Gasteiger partial charge in [0, 0.05) is 5.56 Å². The highest BCUT2D eigenvalue weighted by atomic mass is 16.7. The number of fused-ring (bicyclic) bond motifs is 1. The first-order chi connectivity index (χ1) is 8.38. The third kappa shape index (κ3) is 1.93. The van der Waals surface area contributed by atoms with Crippen molar-refractivity contribution in [3.63, 3.8) is 0 Å². The van der Waals surface area contributed by atoms with Gasteiger partial charge in [-0.05, 0) is 44.0 Å². The molecule has 2 aliphatic rings. The second kappa shape index (κ2) is 4.45. The van der Waals surface area contributed by atoms with E-state index in [-0.39, 0.29) is 0 Å². The molecular formula is C13H17NO3. The van der Waals surface area contributed by atoms with Crippen LogP contribution in [-0.4, -0.2) is 27.0 Å². The summed E-state index contributed by atoms with van der Waals surface area (Å²) in [6, 6.07) is 3.88. The van der Waals surface area contributed by atoms with Crippen molar-refractivity contribution in [2.24, 2.45) is 5.92 Å². The minimum atomic E-state index is 0.318. The van der Waals surface area contributed by atoms with Gasteiger partial charge in [0.1, 0.15) is 5.75 Å². The van der Waals surface area contributed by atoms with Crippen LogP contribution in [0.2, 0.25) is 0 Å². The molecule has 4 heteroatoms. The van der Waals surface area contributed by atoms with Gasteiger partial charge in [-0.15, -0.1) is 0 Å². The first-order valence-corrected chi connectivity index (χ1v) is 6.04. The fraction of sp³-hybridized carbons (Fsp3) is 0.538. The molecule has 0 aromatic heterocycles. The molecule has 0 spiro atoms. The Balaban J connectivity index is 1.92. The zero-order chi connectivity index (χ0) is 11.7. The molecule has 1 saturated heterocycles. The van der Waals surface area contributed by atoms with E-state index in [1.165, 1.54) is 6.42 Å². The van der Waals surface area contributed by atoms with E-state index in [0.717, 1.165) is 42.3 Å². The van der Waals surface area contributed by atoms with Gasteiger partial charge in [0.25, 0.3) is 0 Å². The van der Waals surface area contributed by atoms with E-state index in [1.807, 2.05) is 12.1 Å². The van der Waals surface area contributed by atoms with Crippen LogP contribution in [0.25, 0.3) is 0 Å². The summed E-state index contributed by atoms with van der Waals surface area (Å²) < 4.78 is 16.4. The smallest absolute Gasteiger partial charge is 0.231 e. The van der Waals surface area contributed by atoms with E-state index in [9.17, 15) is 0 Å². The molecule has 2 aliphatic heterocycles. The summed E-state index contributed by atoms with van der Waals surface area (Å²) >= 11 is 0. The van der Waals surface area contributed by atoms with E-state index in [0.29, 0.717) is 12.7 Å². The van der Waals surface area contributed by atoms with Crippen molar-refractivity contribution in [3.05, 3.63) is 17.7 Å². The Labute approximate surface area is 101 Å². The van der Waals surface area contributed by atoms with E-state index < -0.39 is 0 Å². The molecule has 1 unspecified atom stereocenters. The van der Waals surface area contributed by atoms with Crippen molar-refractivity contribution < 1.29 is 14.2 Å². The van der Waals surface area contributed by atoms with Crippen molar-refractivity contribution in [2.75, 3.05) is 27.0 Å². The quantitative estimate of drug-likeness (QED) is 0.863. The number of hydrogen-bond acceptors (Lipinski definition) is 4. The maximum Gasteiger partial charge on any atom is 0.231 e. The number of ether oxygens (including phenoxy) is 3. The van der Waals surface area contributed by atoms with Gasteiger partial charge < -0.3 is 19.5 Å². The zero-order valence-electron chi connectivity index (χ0n) is 9.99. The Morgan fingerprint density at radius 2 is 2.35 bits per heavy atom. The van der Waals surface area contributed by atoms with Gasteiger partial charge in [-0.1, -0.05) is 0 Å². The molecule has 17 heavy (non-hydrogen) atoms. The van der Waals surface area contributed by atoms with Crippen molar-refractivity contribution in [1.82, 2.24) is 5.32 Å². The normalized spacial score (nSPS) is 21.8.